The molecule has 0 atom stereocenters. The lowest BCUT2D eigenvalue weighted by molar-refractivity contribution is 0.0453. The highest BCUT2D eigenvalue weighted by Crippen LogP contribution is 2.26. The van der Waals surface area contributed by atoms with E-state index >= 15 is 0 Å². The Bertz CT molecular complexity index is 625. The number of benzene rings is 1. The number of aliphatic hydroxyl groups is 1. The summed E-state index contributed by atoms with van der Waals surface area (Å²) in [5, 5.41) is 17.8. The molecule has 0 amide bonds. The molecule has 1 aliphatic rings. The Labute approximate surface area is 115 Å². The second-order valence-corrected chi connectivity index (χ2v) is 6.53. The van der Waals surface area contributed by atoms with E-state index in [4.69, 9.17) is 10.2 Å². The van der Waals surface area contributed by atoms with E-state index in [0.29, 0.717) is 18.9 Å². The second kappa shape index (κ2) is 5.47. The molecule has 0 bridgehead atoms. The van der Waals surface area contributed by atoms with Crippen molar-refractivity contribution in [2.24, 2.45) is 5.92 Å². The van der Waals surface area contributed by atoms with Gasteiger partial charge in [-0.2, -0.15) is 0 Å². The van der Waals surface area contributed by atoms with Crippen LogP contribution in [0, 0.1) is 11.7 Å². The first-order valence-corrected chi connectivity index (χ1v) is 7.48. The smallest absolute Gasteiger partial charge is 0.335 e. The molecule has 6 nitrogen and oxygen atoms in total. The van der Waals surface area contributed by atoms with E-state index < -0.39 is 32.8 Å². The zero-order chi connectivity index (χ0) is 14.9. The van der Waals surface area contributed by atoms with E-state index in [1.165, 1.54) is 0 Å². The van der Waals surface area contributed by atoms with Crippen molar-refractivity contribution in [1.29, 1.82) is 0 Å². The highest BCUT2D eigenvalue weighted by Gasteiger charge is 2.29. The van der Waals surface area contributed by atoms with Crippen LogP contribution in [0.5, 0.6) is 0 Å². The molecule has 0 aliphatic heterocycles. The summed E-state index contributed by atoms with van der Waals surface area (Å²) in [6.07, 6.45) is 0.641. The number of hydrogen-bond acceptors (Lipinski definition) is 4. The standard InChI is InChI=1S/C12H14FNO5S/c13-10-5-8(12(16)17)1-2-11(10)20(18,19)14-6-7-3-9(15)4-7/h1-2,5,7,9,14-15H,3-4,6H2,(H,16,17). The van der Waals surface area contributed by atoms with Crippen LogP contribution in [0.1, 0.15) is 23.2 Å². The first-order chi connectivity index (χ1) is 9.29. The first-order valence-electron chi connectivity index (χ1n) is 6.00. The summed E-state index contributed by atoms with van der Waals surface area (Å²) < 4.78 is 39.7. The summed E-state index contributed by atoms with van der Waals surface area (Å²) in [6, 6.07) is 2.63. The highest BCUT2D eigenvalue weighted by atomic mass is 32.2. The monoisotopic (exact) mass is 303 g/mol. The molecule has 1 aromatic carbocycles. The fourth-order valence-electron chi connectivity index (χ4n) is 2.02. The minimum atomic E-state index is -4.02. The molecule has 0 saturated heterocycles. The lowest BCUT2D eigenvalue weighted by Gasteiger charge is -2.31. The van der Waals surface area contributed by atoms with Crippen LogP contribution in [0.3, 0.4) is 0 Å². The summed E-state index contributed by atoms with van der Waals surface area (Å²) >= 11 is 0. The molecule has 110 valence electrons. The third-order valence-electron chi connectivity index (χ3n) is 3.24. The molecule has 0 radical (unpaired) electrons. The van der Waals surface area contributed by atoms with Crippen LogP contribution in [0.4, 0.5) is 4.39 Å². The Balaban J connectivity index is 2.11. The van der Waals surface area contributed by atoms with E-state index in [9.17, 15) is 17.6 Å². The summed E-state index contributed by atoms with van der Waals surface area (Å²) in [5.74, 6) is -2.39. The molecule has 1 aliphatic carbocycles. The van der Waals surface area contributed by atoms with Gasteiger partial charge in [-0.1, -0.05) is 0 Å². The number of carboxylic acids is 1. The van der Waals surface area contributed by atoms with E-state index in [0.717, 1.165) is 12.1 Å². The summed E-state index contributed by atoms with van der Waals surface area (Å²) in [5.41, 5.74) is -0.316. The fraction of sp³-hybridized carbons (Fsp3) is 0.417. The van der Waals surface area contributed by atoms with Crippen LogP contribution in [-0.2, 0) is 10.0 Å². The second-order valence-electron chi connectivity index (χ2n) is 4.79. The lowest BCUT2D eigenvalue weighted by Crippen LogP contribution is -2.38. The van der Waals surface area contributed by atoms with Crippen molar-refractivity contribution in [3.63, 3.8) is 0 Å². The summed E-state index contributed by atoms with van der Waals surface area (Å²) in [7, 11) is -4.02. The number of halogens is 1. The predicted molar refractivity (Wildman–Crippen MR) is 67.3 cm³/mol. The maximum atomic E-state index is 13.7. The van der Waals surface area contributed by atoms with Gasteiger partial charge in [0.2, 0.25) is 10.0 Å². The molecule has 0 heterocycles. The van der Waals surface area contributed by atoms with Crippen molar-refractivity contribution in [3.8, 4) is 0 Å². The molecule has 0 spiro atoms. The zero-order valence-electron chi connectivity index (χ0n) is 10.4. The maximum absolute atomic E-state index is 13.7. The molecule has 2 rings (SSSR count). The Kier molecular flexibility index (Phi) is 4.07. The van der Waals surface area contributed by atoms with E-state index in [1.807, 2.05) is 0 Å². The van der Waals surface area contributed by atoms with Crippen LogP contribution >= 0.6 is 0 Å². The van der Waals surface area contributed by atoms with Gasteiger partial charge in [-0.05, 0) is 37.0 Å². The normalized spacial score (nSPS) is 22.3. The van der Waals surface area contributed by atoms with Crippen molar-refractivity contribution < 1.29 is 27.8 Å². The zero-order valence-corrected chi connectivity index (χ0v) is 11.2. The number of aromatic carboxylic acids is 1. The van der Waals surface area contributed by atoms with Gasteiger partial charge in [-0.25, -0.2) is 22.3 Å². The van der Waals surface area contributed by atoms with Crippen molar-refractivity contribution in [2.75, 3.05) is 6.54 Å². The molecule has 0 unspecified atom stereocenters. The lowest BCUT2D eigenvalue weighted by atomic mass is 9.83. The van der Waals surface area contributed by atoms with Gasteiger partial charge >= 0.3 is 5.97 Å². The van der Waals surface area contributed by atoms with Crippen molar-refractivity contribution in [2.45, 2.75) is 23.8 Å². The Morgan fingerprint density at radius 1 is 1.40 bits per heavy atom. The minimum Gasteiger partial charge on any atom is -0.478 e. The maximum Gasteiger partial charge on any atom is 0.335 e. The topological polar surface area (TPSA) is 104 Å². The molecule has 1 saturated carbocycles. The average Bonchev–Trinajstić information content (AvgIpc) is 2.32. The molecular weight excluding hydrogens is 289 g/mol. The Hall–Kier alpha value is -1.51. The van der Waals surface area contributed by atoms with Gasteiger partial charge in [-0.15, -0.1) is 0 Å². The van der Waals surface area contributed by atoms with Crippen molar-refractivity contribution >= 4 is 16.0 Å². The van der Waals surface area contributed by atoms with Crippen LogP contribution in [0.15, 0.2) is 23.1 Å². The SMILES string of the molecule is O=C(O)c1ccc(S(=O)(=O)NCC2CC(O)C2)c(F)c1. The average molecular weight is 303 g/mol. The largest absolute Gasteiger partial charge is 0.478 e. The quantitative estimate of drug-likeness (QED) is 0.738. The summed E-state index contributed by atoms with van der Waals surface area (Å²) in [4.78, 5) is 10.1. The number of carboxylic acid groups (broad SMARTS) is 1. The third-order valence-corrected chi connectivity index (χ3v) is 4.70. The number of nitrogens with one attached hydrogen (secondary N) is 1. The molecular formula is C12H14FNO5S. The predicted octanol–water partition coefficient (Wildman–Crippen LogP) is 0.573. The van der Waals surface area contributed by atoms with Gasteiger partial charge in [0.05, 0.1) is 11.7 Å². The van der Waals surface area contributed by atoms with Crippen LogP contribution < -0.4 is 4.72 Å². The Morgan fingerprint density at radius 3 is 2.55 bits per heavy atom. The van der Waals surface area contributed by atoms with Gasteiger partial charge in [0.1, 0.15) is 10.7 Å². The molecule has 1 aromatic rings. The minimum absolute atomic E-state index is 0.0427. The molecule has 0 aromatic heterocycles. The summed E-state index contributed by atoms with van der Waals surface area (Å²) in [6.45, 7) is 0.125. The van der Waals surface area contributed by atoms with Gasteiger partial charge in [0, 0.05) is 6.54 Å². The van der Waals surface area contributed by atoms with Crippen LogP contribution in [0.25, 0.3) is 0 Å². The highest BCUT2D eigenvalue weighted by molar-refractivity contribution is 7.89. The molecule has 20 heavy (non-hydrogen) atoms. The number of carbonyl (C=O) groups is 1. The fourth-order valence-corrected chi connectivity index (χ4v) is 3.20. The van der Waals surface area contributed by atoms with E-state index in [1.54, 1.807) is 0 Å². The molecule has 1 fully saturated rings. The molecule has 3 N–H and O–H groups in total. The van der Waals surface area contributed by atoms with Gasteiger partial charge in [0.15, 0.2) is 0 Å². The van der Waals surface area contributed by atoms with Gasteiger partial charge < -0.3 is 10.2 Å². The Morgan fingerprint density at radius 2 is 2.05 bits per heavy atom. The van der Waals surface area contributed by atoms with Gasteiger partial charge in [-0.3, -0.25) is 0 Å². The van der Waals surface area contributed by atoms with Crippen molar-refractivity contribution in [3.05, 3.63) is 29.6 Å². The number of sulfonamides is 1. The van der Waals surface area contributed by atoms with Crippen LogP contribution in [-0.4, -0.2) is 37.2 Å². The van der Waals surface area contributed by atoms with E-state index in [-0.39, 0.29) is 18.0 Å². The molecule has 8 heteroatoms. The number of aliphatic hydroxyl groups excluding tert-OH is 1. The van der Waals surface area contributed by atoms with Crippen LogP contribution in [0.2, 0.25) is 0 Å². The number of hydrogen-bond donors (Lipinski definition) is 3. The third kappa shape index (κ3) is 3.14. The van der Waals surface area contributed by atoms with Gasteiger partial charge in [0.25, 0.3) is 0 Å². The first kappa shape index (κ1) is 14.9. The van der Waals surface area contributed by atoms with E-state index in [2.05, 4.69) is 4.72 Å². The van der Waals surface area contributed by atoms with Crippen molar-refractivity contribution in [1.82, 2.24) is 4.72 Å². The number of rotatable bonds is 5.